The summed E-state index contributed by atoms with van der Waals surface area (Å²) < 4.78 is 24.0. The molecule has 1 aliphatic carbocycles. The molecule has 2 aliphatic rings. The molecule has 2 amide bonds. The average molecular weight is 359 g/mol. The Morgan fingerprint density at radius 3 is 2.88 bits per heavy atom. The van der Waals surface area contributed by atoms with Crippen molar-refractivity contribution in [3.05, 3.63) is 30.0 Å². The number of alkyl halides is 1. The lowest BCUT2D eigenvalue weighted by Crippen LogP contribution is -2.37. The predicted octanol–water partition coefficient (Wildman–Crippen LogP) is 1.05. The summed E-state index contributed by atoms with van der Waals surface area (Å²) in [7, 11) is 1.45. The maximum Gasteiger partial charge on any atom is 0.252 e. The molecule has 4 rings (SSSR count). The molecule has 0 radical (unpaired) electrons. The van der Waals surface area contributed by atoms with Crippen molar-refractivity contribution in [2.45, 2.75) is 6.04 Å². The summed E-state index contributed by atoms with van der Waals surface area (Å²) in [5.74, 6) is -0.454. The summed E-state index contributed by atoms with van der Waals surface area (Å²) in [6.07, 6.45) is 1.56. The second kappa shape index (κ2) is 6.12. The van der Waals surface area contributed by atoms with Crippen LogP contribution in [0.25, 0.3) is 10.8 Å². The van der Waals surface area contributed by atoms with Crippen LogP contribution in [0.3, 0.4) is 0 Å². The van der Waals surface area contributed by atoms with E-state index in [9.17, 15) is 14.0 Å². The first-order valence-electron chi connectivity index (χ1n) is 8.31. The number of carbonyl (C=O) groups is 2. The number of amides is 2. The number of ether oxygens (including phenoxy) is 2. The average Bonchev–Trinajstić information content (AvgIpc) is 3.29. The van der Waals surface area contributed by atoms with Crippen molar-refractivity contribution < 1.29 is 23.5 Å². The third-order valence-corrected chi connectivity index (χ3v) is 5.22. The summed E-state index contributed by atoms with van der Waals surface area (Å²) in [5, 5.41) is 4.23. The number of nitrogens with two attached hydrogens (primary N) is 1. The highest BCUT2D eigenvalue weighted by atomic mass is 19.1. The minimum Gasteiger partial charge on any atom is -0.496 e. The van der Waals surface area contributed by atoms with Crippen LogP contribution in [0.4, 0.5) is 4.39 Å². The lowest BCUT2D eigenvalue weighted by molar-refractivity contribution is -0.121. The van der Waals surface area contributed by atoms with E-state index in [1.54, 1.807) is 24.4 Å². The van der Waals surface area contributed by atoms with E-state index < -0.39 is 12.6 Å². The number of hydrogen-bond acceptors (Lipinski definition) is 5. The van der Waals surface area contributed by atoms with Crippen LogP contribution in [-0.2, 0) is 4.79 Å². The molecule has 8 heteroatoms. The Bertz CT molecular complexity index is 903. The van der Waals surface area contributed by atoms with E-state index in [1.165, 1.54) is 7.11 Å². The van der Waals surface area contributed by atoms with E-state index in [0.717, 1.165) is 5.39 Å². The first-order valence-corrected chi connectivity index (χ1v) is 8.31. The molecule has 0 spiro atoms. The molecule has 26 heavy (non-hydrogen) atoms. The molecule has 1 aromatic carbocycles. The zero-order valence-electron chi connectivity index (χ0n) is 14.1. The number of methoxy groups -OCH3 is 1. The molecule has 3 N–H and O–H groups in total. The Morgan fingerprint density at radius 1 is 1.42 bits per heavy atom. The topological polar surface area (TPSA) is 104 Å². The molecule has 2 fully saturated rings. The number of rotatable bonds is 6. The van der Waals surface area contributed by atoms with E-state index in [-0.39, 0.29) is 41.9 Å². The molecular formula is C18H18FN3O4. The lowest BCUT2D eigenvalue weighted by Gasteiger charge is -2.17. The van der Waals surface area contributed by atoms with Crippen LogP contribution >= 0.6 is 0 Å². The van der Waals surface area contributed by atoms with E-state index in [0.29, 0.717) is 17.0 Å². The molecule has 7 nitrogen and oxygen atoms in total. The van der Waals surface area contributed by atoms with Gasteiger partial charge in [-0.05, 0) is 23.6 Å². The van der Waals surface area contributed by atoms with Crippen molar-refractivity contribution in [1.29, 1.82) is 0 Å². The second-order valence-electron chi connectivity index (χ2n) is 6.60. The van der Waals surface area contributed by atoms with Gasteiger partial charge in [-0.3, -0.25) is 14.0 Å². The minimum absolute atomic E-state index is 0.0153. The van der Waals surface area contributed by atoms with Gasteiger partial charge in [0.25, 0.3) is 5.91 Å². The van der Waals surface area contributed by atoms with Crippen LogP contribution in [0.5, 0.6) is 11.6 Å². The maximum atomic E-state index is 12.9. The number of nitrogens with zero attached hydrogens (tertiary/aromatic N) is 1. The predicted molar refractivity (Wildman–Crippen MR) is 90.7 cm³/mol. The first-order chi connectivity index (χ1) is 12.5. The number of nitrogens with one attached hydrogen (secondary N) is 1. The van der Waals surface area contributed by atoms with Gasteiger partial charge in [0, 0.05) is 29.3 Å². The van der Waals surface area contributed by atoms with Crippen molar-refractivity contribution >= 4 is 22.6 Å². The Morgan fingerprint density at radius 2 is 2.23 bits per heavy atom. The number of fused-ring (bicyclic) bond motifs is 2. The zero-order chi connectivity index (χ0) is 18.4. The Kier molecular flexibility index (Phi) is 3.90. The highest BCUT2D eigenvalue weighted by Crippen LogP contribution is 2.52. The number of benzene rings is 1. The van der Waals surface area contributed by atoms with Crippen molar-refractivity contribution in [1.82, 2.24) is 10.3 Å². The second-order valence-corrected chi connectivity index (χ2v) is 6.60. The fraction of sp³-hybridized carbons (Fsp3) is 0.389. The van der Waals surface area contributed by atoms with Gasteiger partial charge in [-0.25, -0.2) is 4.98 Å². The van der Waals surface area contributed by atoms with Crippen LogP contribution in [0, 0.1) is 17.8 Å². The Balaban J connectivity index is 1.59. The first kappa shape index (κ1) is 16.6. The van der Waals surface area contributed by atoms with Crippen molar-refractivity contribution in [2.24, 2.45) is 23.5 Å². The molecule has 2 heterocycles. The highest BCUT2D eigenvalue weighted by molar-refractivity contribution is 6.01. The normalized spacial score (nSPS) is 26.3. The van der Waals surface area contributed by atoms with Crippen molar-refractivity contribution in [2.75, 3.05) is 20.4 Å². The van der Waals surface area contributed by atoms with E-state index >= 15 is 0 Å². The smallest absolute Gasteiger partial charge is 0.252 e. The fourth-order valence-corrected chi connectivity index (χ4v) is 3.86. The molecule has 4 atom stereocenters. The quantitative estimate of drug-likeness (QED) is 0.802. The number of aromatic nitrogens is 1. The van der Waals surface area contributed by atoms with Gasteiger partial charge in [0.05, 0.1) is 25.4 Å². The summed E-state index contributed by atoms with van der Waals surface area (Å²) in [6, 6.07) is 4.78. The summed E-state index contributed by atoms with van der Waals surface area (Å²) in [4.78, 5) is 27.6. The monoisotopic (exact) mass is 359 g/mol. The molecule has 2 aromatic rings. The number of primary amides is 1. The highest BCUT2D eigenvalue weighted by Gasteiger charge is 2.63. The summed E-state index contributed by atoms with van der Waals surface area (Å²) in [5.41, 5.74) is 5.65. The van der Waals surface area contributed by atoms with E-state index in [2.05, 4.69) is 10.3 Å². The van der Waals surface area contributed by atoms with Crippen LogP contribution in [0.1, 0.15) is 10.4 Å². The molecule has 1 aromatic heterocycles. The SMILES string of the molecule is COc1cc2c(OC[C@H]3NC(=O)[C@@H]4[C@H](CF)[C@@H]43)nccc2cc1C(N)=O. The summed E-state index contributed by atoms with van der Waals surface area (Å²) >= 11 is 0. The van der Waals surface area contributed by atoms with E-state index in [1.807, 2.05) is 0 Å². The zero-order valence-corrected chi connectivity index (χ0v) is 14.1. The van der Waals surface area contributed by atoms with Gasteiger partial charge in [-0.1, -0.05) is 0 Å². The fourth-order valence-electron chi connectivity index (χ4n) is 3.86. The van der Waals surface area contributed by atoms with Crippen LogP contribution in [-0.4, -0.2) is 43.2 Å². The van der Waals surface area contributed by atoms with Gasteiger partial charge in [0.1, 0.15) is 12.4 Å². The Labute approximate surface area is 148 Å². The number of halogens is 1. The van der Waals surface area contributed by atoms with Gasteiger partial charge >= 0.3 is 0 Å². The summed E-state index contributed by atoms with van der Waals surface area (Å²) in [6.45, 7) is -0.283. The van der Waals surface area contributed by atoms with Gasteiger partial charge in [0.15, 0.2) is 0 Å². The Hall–Kier alpha value is -2.90. The van der Waals surface area contributed by atoms with Crippen molar-refractivity contribution in [3.63, 3.8) is 0 Å². The molecule has 1 saturated heterocycles. The van der Waals surface area contributed by atoms with Gasteiger partial charge in [0.2, 0.25) is 11.8 Å². The van der Waals surface area contributed by atoms with Gasteiger partial charge < -0.3 is 20.5 Å². The largest absolute Gasteiger partial charge is 0.496 e. The van der Waals surface area contributed by atoms with E-state index in [4.69, 9.17) is 15.2 Å². The van der Waals surface area contributed by atoms with Crippen LogP contribution in [0.2, 0.25) is 0 Å². The molecule has 0 unspecified atom stereocenters. The molecule has 1 saturated carbocycles. The van der Waals surface area contributed by atoms with Crippen LogP contribution in [0.15, 0.2) is 24.4 Å². The van der Waals surface area contributed by atoms with Crippen molar-refractivity contribution in [3.8, 4) is 11.6 Å². The van der Waals surface area contributed by atoms with Gasteiger partial charge in [-0.15, -0.1) is 0 Å². The molecule has 136 valence electrons. The third kappa shape index (κ3) is 2.53. The maximum absolute atomic E-state index is 12.9. The number of hydrogen-bond donors (Lipinski definition) is 2. The lowest BCUT2D eigenvalue weighted by atomic mass is 10.1. The minimum atomic E-state index is -0.589. The standard InChI is InChI=1S/C18H18FN3O4/c1-25-13-5-9-8(4-10(13)16(20)23)2-3-21-18(9)26-7-12-14-11(6-19)15(14)17(24)22-12/h2-5,11-12,14-15H,6-7H2,1H3,(H2,20,23)(H,22,24)/t11-,12-,14-,15-/m1/s1. The third-order valence-electron chi connectivity index (χ3n) is 5.22. The number of carbonyl (C=O) groups excluding carboxylic acids is 2. The number of pyridine rings is 1. The molecule has 0 bridgehead atoms. The van der Waals surface area contributed by atoms with Crippen LogP contribution < -0.4 is 20.5 Å². The molecule has 1 aliphatic heterocycles. The van der Waals surface area contributed by atoms with Gasteiger partial charge in [-0.2, -0.15) is 0 Å². The molecular weight excluding hydrogens is 341 g/mol. The number of piperidine rings is 1.